The van der Waals surface area contributed by atoms with Gasteiger partial charge in [0.25, 0.3) is 0 Å². The number of carbonyl (C=O) groups excluding carboxylic acids is 1. The monoisotopic (exact) mass is 334 g/mol. The van der Waals surface area contributed by atoms with Gasteiger partial charge < -0.3 is 10.4 Å². The molecule has 6 heteroatoms. The lowest BCUT2D eigenvalue weighted by atomic mass is 9.86. The van der Waals surface area contributed by atoms with Crippen LogP contribution in [0.15, 0.2) is 12.3 Å². The summed E-state index contributed by atoms with van der Waals surface area (Å²) in [5.74, 6) is 1.74. The van der Waals surface area contributed by atoms with Crippen LogP contribution in [0, 0.1) is 11.8 Å². The number of amides is 1. The van der Waals surface area contributed by atoms with E-state index in [1.807, 2.05) is 22.7 Å². The lowest BCUT2D eigenvalue weighted by Gasteiger charge is -2.31. The van der Waals surface area contributed by atoms with E-state index >= 15 is 0 Å². The molecule has 134 valence electrons. The quantitative estimate of drug-likeness (QED) is 0.802. The largest absolute Gasteiger partial charge is 0.393 e. The van der Waals surface area contributed by atoms with Crippen molar-refractivity contribution in [3.05, 3.63) is 12.3 Å². The Morgan fingerprint density at radius 3 is 2.88 bits per heavy atom. The molecule has 3 unspecified atom stereocenters. The number of hydrogen-bond donors (Lipinski definition) is 2. The van der Waals surface area contributed by atoms with Gasteiger partial charge in [0.1, 0.15) is 5.82 Å². The van der Waals surface area contributed by atoms with E-state index in [1.54, 1.807) is 6.20 Å². The van der Waals surface area contributed by atoms with E-state index in [4.69, 9.17) is 0 Å². The van der Waals surface area contributed by atoms with Crippen molar-refractivity contribution in [2.75, 3.05) is 25.5 Å². The summed E-state index contributed by atoms with van der Waals surface area (Å²) >= 11 is 0. The first-order chi connectivity index (χ1) is 11.5. The molecule has 3 rings (SSSR count). The van der Waals surface area contributed by atoms with Crippen LogP contribution in [0.2, 0.25) is 0 Å². The Balaban J connectivity index is 1.49. The van der Waals surface area contributed by atoms with Crippen molar-refractivity contribution >= 4 is 11.7 Å². The average molecular weight is 334 g/mol. The van der Waals surface area contributed by atoms with E-state index in [2.05, 4.69) is 17.3 Å². The Hall–Kier alpha value is -1.40. The molecule has 0 aromatic carbocycles. The summed E-state index contributed by atoms with van der Waals surface area (Å²) in [4.78, 5) is 14.4. The fourth-order valence-corrected chi connectivity index (χ4v) is 3.81. The number of nitrogens with one attached hydrogen (secondary N) is 1. The fraction of sp³-hybridized carbons (Fsp3) is 0.778. The average Bonchev–Trinajstić information content (AvgIpc) is 3.29. The van der Waals surface area contributed by atoms with Crippen molar-refractivity contribution in [3.63, 3.8) is 0 Å². The summed E-state index contributed by atoms with van der Waals surface area (Å²) in [5, 5.41) is 17.4. The molecule has 3 atom stereocenters. The molecule has 2 aliphatic carbocycles. The summed E-state index contributed by atoms with van der Waals surface area (Å²) in [6.07, 6.45) is 8.27. The molecule has 2 N–H and O–H groups in total. The van der Waals surface area contributed by atoms with Gasteiger partial charge in [-0.05, 0) is 51.5 Å². The van der Waals surface area contributed by atoms with E-state index in [1.165, 1.54) is 19.3 Å². The normalized spacial score (nSPS) is 25.7. The third-order valence-corrected chi connectivity index (χ3v) is 5.46. The molecular formula is C18H30N4O2. The molecule has 0 bridgehead atoms. The highest BCUT2D eigenvalue weighted by Gasteiger charge is 2.31. The zero-order valence-corrected chi connectivity index (χ0v) is 14.8. The molecule has 2 saturated carbocycles. The van der Waals surface area contributed by atoms with E-state index in [9.17, 15) is 9.90 Å². The molecule has 1 heterocycles. The van der Waals surface area contributed by atoms with Gasteiger partial charge in [0.2, 0.25) is 5.91 Å². The zero-order chi connectivity index (χ0) is 17.1. The number of likely N-dealkylation sites (N-methyl/N-ethyl adjacent to an activating group) is 1. The molecule has 0 spiro atoms. The van der Waals surface area contributed by atoms with Crippen LogP contribution >= 0.6 is 0 Å². The fourth-order valence-electron chi connectivity index (χ4n) is 3.81. The van der Waals surface area contributed by atoms with Crippen molar-refractivity contribution in [1.29, 1.82) is 0 Å². The Kier molecular flexibility index (Phi) is 5.56. The number of aliphatic hydroxyl groups is 1. The molecule has 1 amide bonds. The second-order valence-electron chi connectivity index (χ2n) is 7.60. The summed E-state index contributed by atoms with van der Waals surface area (Å²) in [6.45, 7) is 3.27. The van der Waals surface area contributed by atoms with Crippen LogP contribution in [0.1, 0.15) is 51.5 Å². The highest BCUT2D eigenvalue weighted by atomic mass is 16.3. The van der Waals surface area contributed by atoms with E-state index in [0.29, 0.717) is 18.5 Å². The van der Waals surface area contributed by atoms with E-state index in [-0.39, 0.29) is 17.9 Å². The van der Waals surface area contributed by atoms with Gasteiger partial charge >= 0.3 is 0 Å². The first kappa shape index (κ1) is 17.4. The van der Waals surface area contributed by atoms with Crippen molar-refractivity contribution in [3.8, 4) is 0 Å². The Morgan fingerprint density at radius 1 is 1.42 bits per heavy atom. The summed E-state index contributed by atoms with van der Waals surface area (Å²) in [5.41, 5.74) is 0. The molecular weight excluding hydrogens is 304 g/mol. The molecule has 0 radical (unpaired) electrons. The minimum atomic E-state index is -0.218. The molecule has 2 aliphatic rings. The molecule has 1 aromatic rings. The minimum absolute atomic E-state index is 0.0208. The van der Waals surface area contributed by atoms with Crippen LogP contribution in [-0.4, -0.2) is 51.9 Å². The van der Waals surface area contributed by atoms with Crippen LogP contribution < -0.4 is 5.32 Å². The Bertz CT molecular complexity index is 555. The summed E-state index contributed by atoms with van der Waals surface area (Å²) < 4.78 is 1.93. The standard InChI is InChI=1S/C18H30N4O2/c1-13(14-7-8-14)22-17(9-10-19-22)20-18(24)12-21(2)11-15-5-3-4-6-16(15)23/h9-10,13-16,23H,3-8,11-12H2,1-2H3,(H,20,24). The predicted molar refractivity (Wildman–Crippen MR) is 93.8 cm³/mol. The maximum absolute atomic E-state index is 12.3. The Labute approximate surface area is 144 Å². The van der Waals surface area contributed by atoms with E-state index in [0.717, 1.165) is 31.6 Å². The van der Waals surface area contributed by atoms with Crippen LogP contribution in [-0.2, 0) is 4.79 Å². The van der Waals surface area contributed by atoms with Gasteiger partial charge in [0.05, 0.1) is 24.9 Å². The van der Waals surface area contributed by atoms with Crippen LogP contribution in [0.25, 0.3) is 0 Å². The van der Waals surface area contributed by atoms with Gasteiger partial charge in [-0.2, -0.15) is 5.10 Å². The van der Waals surface area contributed by atoms with Gasteiger partial charge in [0.15, 0.2) is 0 Å². The molecule has 1 aromatic heterocycles. The highest BCUT2D eigenvalue weighted by Crippen LogP contribution is 2.40. The molecule has 6 nitrogen and oxygen atoms in total. The van der Waals surface area contributed by atoms with Crippen LogP contribution in [0.4, 0.5) is 5.82 Å². The van der Waals surface area contributed by atoms with Crippen molar-refractivity contribution in [1.82, 2.24) is 14.7 Å². The lowest BCUT2D eigenvalue weighted by molar-refractivity contribution is -0.117. The van der Waals surface area contributed by atoms with Gasteiger partial charge in [-0.3, -0.25) is 9.69 Å². The van der Waals surface area contributed by atoms with Gasteiger partial charge in [-0.25, -0.2) is 4.68 Å². The minimum Gasteiger partial charge on any atom is -0.393 e. The number of nitrogens with zero attached hydrogens (tertiary/aromatic N) is 3. The van der Waals surface area contributed by atoms with Gasteiger partial charge in [-0.1, -0.05) is 12.8 Å². The summed E-state index contributed by atoms with van der Waals surface area (Å²) in [7, 11) is 1.95. The Morgan fingerprint density at radius 2 is 2.17 bits per heavy atom. The molecule has 0 saturated heterocycles. The second kappa shape index (κ2) is 7.66. The third kappa shape index (κ3) is 4.36. The summed E-state index contributed by atoms with van der Waals surface area (Å²) in [6, 6.07) is 2.20. The molecule has 2 fully saturated rings. The van der Waals surface area contributed by atoms with Gasteiger partial charge in [-0.15, -0.1) is 0 Å². The van der Waals surface area contributed by atoms with Crippen molar-refractivity contribution < 1.29 is 9.90 Å². The maximum atomic E-state index is 12.3. The highest BCUT2D eigenvalue weighted by molar-refractivity contribution is 5.91. The first-order valence-corrected chi connectivity index (χ1v) is 9.24. The second-order valence-corrected chi connectivity index (χ2v) is 7.60. The van der Waals surface area contributed by atoms with Crippen molar-refractivity contribution in [2.45, 2.75) is 57.6 Å². The van der Waals surface area contributed by atoms with Crippen molar-refractivity contribution in [2.24, 2.45) is 11.8 Å². The topological polar surface area (TPSA) is 70.4 Å². The van der Waals surface area contributed by atoms with E-state index < -0.39 is 0 Å². The van der Waals surface area contributed by atoms with Crippen LogP contribution in [0.5, 0.6) is 0 Å². The number of anilines is 1. The third-order valence-electron chi connectivity index (χ3n) is 5.46. The number of rotatable bonds is 7. The predicted octanol–water partition coefficient (Wildman–Crippen LogP) is 2.28. The lowest BCUT2D eigenvalue weighted by Crippen LogP contribution is -2.38. The SMILES string of the molecule is CC(C1CC1)n1nccc1NC(=O)CN(C)CC1CCCCC1O. The number of aromatic nitrogens is 2. The number of aliphatic hydroxyl groups excluding tert-OH is 1. The van der Waals surface area contributed by atoms with Gasteiger partial charge in [0, 0.05) is 12.6 Å². The first-order valence-electron chi connectivity index (χ1n) is 9.24. The zero-order valence-electron chi connectivity index (χ0n) is 14.8. The smallest absolute Gasteiger partial charge is 0.239 e. The number of hydrogen-bond acceptors (Lipinski definition) is 4. The molecule has 24 heavy (non-hydrogen) atoms. The number of carbonyl (C=O) groups is 1. The van der Waals surface area contributed by atoms with Crippen LogP contribution in [0.3, 0.4) is 0 Å². The maximum Gasteiger partial charge on any atom is 0.239 e. The molecule has 0 aliphatic heterocycles.